The molecule has 0 spiro atoms. The molecule has 0 radical (unpaired) electrons. The Bertz CT molecular complexity index is 428. The van der Waals surface area contributed by atoms with Crippen molar-refractivity contribution in [2.45, 2.75) is 37.5 Å². The Morgan fingerprint density at radius 1 is 1.31 bits per heavy atom. The van der Waals surface area contributed by atoms with Gasteiger partial charge in [0.05, 0.1) is 5.56 Å². The molecule has 0 aromatic heterocycles. The first-order chi connectivity index (χ1) is 7.73. The van der Waals surface area contributed by atoms with E-state index in [0.717, 1.165) is 5.92 Å². The van der Waals surface area contributed by atoms with Crippen molar-refractivity contribution in [1.29, 1.82) is 0 Å². The third-order valence-corrected chi connectivity index (χ3v) is 4.51. The van der Waals surface area contributed by atoms with Gasteiger partial charge in [-0.15, -0.1) is 0 Å². The molecule has 1 aromatic rings. The van der Waals surface area contributed by atoms with Crippen molar-refractivity contribution in [3.05, 3.63) is 29.3 Å². The smallest absolute Gasteiger partial charge is 0.153 e. The molecule has 2 bridgehead atoms. The molecule has 1 aromatic carbocycles. The Morgan fingerprint density at radius 2 is 2.06 bits per heavy atom. The Kier molecular flexibility index (Phi) is 2.06. The quantitative estimate of drug-likeness (QED) is 0.771. The summed E-state index contributed by atoms with van der Waals surface area (Å²) in [6.07, 6.45) is 7.14. The monoisotopic (exact) mass is 216 g/mol. The van der Waals surface area contributed by atoms with Gasteiger partial charge in [-0.1, -0.05) is 6.07 Å². The fourth-order valence-corrected chi connectivity index (χ4v) is 3.57. The summed E-state index contributed by atoms with van der Waals surface area (Å²) in [4.78, 5) is 10.7. The number of phenols is 1. The highest BCUT2D eigenvalue weighted by molar-refractivity contribution is 5.79. The van der Waals surface area contributed by atoms with Gasteiger partial charge < -0.3 is 5.11 Å². The van der Waals surface area contributed by atoms with E-state index in [2.05, 4.69) is 0 Å². The molecule has 84 valence electrons. The number of aromatic hydroxyl groups is 1. The fraction of sp³-hybridized carbons (Fsp3) is 0.500. The summed E-state index contributed by atoms with van der Waals surface area (Å²) in [5.74, 6) is 1.03. The zero-order chi connectivity index (χ0) is 11.2. The number of hydrogen-bond donors (Lipinski definition) is 1. The number of carbonyl (C=O) groups is 1. The SMILES string of the molecule is O=Cc1ccc(C23CCC(CC2)C3)cc1O. The summed E-state index contributed by atoms with van der Waals surface area (Å²) < 4.78 is 0. The zero-order valence-corrected chi connectivity index (χ0v) is 9.28. The Hall–Kier alpha value is -1.31. The largest absolute Gasteiger partial charge is 0.507 e. The summed E-state index contributed by atoms with van der Waals surface area (Å²) in [6.45, 7) is 0. The van der Waals surface area contributed by atoms with E-state index in [-0.39, 0.29) is 5.75 Å². The molecule has 0 saturated heterocycles. The van der Waals surface area contributed by atoms with Gasteiger partial charge in [0.15, 0.2) is 6.29 Å². The normalized spacial score (nSPS) is 31.9. The molecule has 0 heterocycles. The van der Waals surface area contributed by atoms with E-state index in [1.807, 2.05) is 6.07 Å². The van der Waals surface area contributed by atoms with Crippen LogP contribution in [0, 0.1) is 5.92 Å². The summed E-state index contributed by atoms with van der Waals surface area (Å²) in [5, 5.41) is 9.74. The first-order valence-corrected chi connectivity index (χ1v) is 6.02. The van der Waals surface area contributed by atoms with E-state index < -0.39 is 0 Å². The average Bonchev–Trinajstić information content (AvgIpc) is 2.90. The predicted molar refractivity (Wildman–Crippen MR) is 61.7 cm³/mol. The van der Waals surface area contributed by atoms with Gasteiger partial charge in [0.2, 0.25) is 0 Å². The van der Waals surface area contributed by atoms with E-state index in [9.17, 15) is 9.90 Å². The lowest BCUT2D eigenvalue weighted by molar-refractivity contribution is 0.112. The second-order valence-electron chi connectivity index (χ2n) is 5.32. The van der Waals surface area contributed by atoms with Gasteiger partial charge in [0.25, 0.3) is 0 Å². The highest BCUT2D eigenvalue weighted by Gasteiger charge is 2.45. The molecule has 2 saturated carbocycles. The van der Waals surface area contributed by atoms with Crippen molar-refractivity contribution in [2.24, 2.45) is 5.92 Å². The minimum Gasteiger partial charge on any atom is -0.507 e. The van der Waals surface area contributed by atoms with Crippen LogP contribution in [0.2, 0.25) is 0 Å². The maximum atomic E-state index is 10.7. The van der Waals surface area contributed by atoms with Crippen LogP contribution < -0.4 is 0 Å². The van der Waals surface area contributed by atoms with Crippen LogP contribution in [0.25, 0.3) is 0 Å². The van der Waals surface area contributed by atoms with Crippen molar-refractivity contribution in [2.75, 3.05) is 0 Å². The third kappa shape index (κ3) is 1.29. The predicted octanol–water partition coefficient (Wildman–Crippen LogP) is 3.04. The summed E-state index contributed by atoms with van der Waals surface area (Å²) in [7, 11) is 0. The van der Waals surface area contributed by atoms with Gasteiger partial charge in [0, 0.05) is 0 Å². The Labute approximate surface area is 95.3 Å². The minimum atomic E-state index is 0.136. The van der Waals surface area contributed by atoms with Crippen LogP contribution in [-0.2, 0) is 5.41 Å². The fourth-order valence-electron chi connectivity index (χ4n) is 3.57. The number of carbonyl (C=O) groups excluding carboxylic acids is 1. The van der Waals surface area contributed by atoms with Gasteiger partial charge in [-0.3, -0.25) is 4.79 Å². The van der Waals surface area contributed by atoms with Crippen LogP contribution in [-0.4, -0.2) is 11.4 Å². The topological polar surface area (TPSA) is 37.3 Å². The molecule has 2 heteroatoms. The van der Waals surface area contributed by atoms with Gasteiger partial charge in [-0.2, -0.15) is 0 Å². The first-order valence-electron chi connectivity index (χ1n) is 6.02. The zero-order valence-electron chi connectivity index (χ0n) is 9.28. The van der Waals surface area contributed by atoms with Gasteiger partial charge in [-0.25, -0.2) is 0 Å². The number of rotatable bonds is 2. The summed E-state index contributed by atoms with van der Waals surface area (Å²) >= 11 is 0. The molecule has 2 nitrogen and oxygen atoms in total. The second kappa shape index (κ2) is 3.34. The lowest BCUT2D eigenvalue weighted by Crippen LogP contribution is -2.19. The van der Waals surface area contributed by atoms with Crippen molar-refractivity contribution >= 4 is 6.29 Å². The van der Waals surface area contributed by atoms with E-state index >= 15 is 0 Å². The van der Waals surface area contributed by atoms with Gasteiger partial charge in [0.1, 0.15) is 5.75 Å². The van der Waals surface area contributed by atoms with Gasteiger partial charge >= 0.3 is 0 Å². The standard InChI is InChI=1S/C14H16O2/c15-9-11-1-2-12(7-13(11)16)14-5-3-10(8-14)4-6-14/h1-2,7,9-10,16H,3-6,8H2. The molecule has 0 unspecified atom stereocenters. The first kappa shape index (κ1) is 9.88. The molecule has 0 amide bonds. The molecule has 3 rings (SSSR count). The molecular formula is C14H16O2. The van der Waals surface area contributed by atoms with Crippen LogP contribution in [0.3, 0.4) is 0 Å². The maximum absolute atomic E-state index is 10.7. The van der Waals surface area contributed by atoms with Crippen molar-refractivity contribution in [3.8, 4) is 5.75 Å². The molecular weight excluding hydrogens is 200 g/mol. The molecule has 0 atom stereocenters. The lowest BCUT2D eigenvalue weighted by atomic mass is 9.77. The number of fused-ring (bicyclic) bond motifs is 2. The van der Waals surface area contributed by atoms with E-state index in [0.29, 0.717) is 17.3 Å². The van der Waals surface area contributed by atoms with Crippen LogP contribution in [0.15, 0.2) is 18.2 Å². The molecule has 2 aliphatic rings. The Balaban J connectivity index is 2.01. The summed E-state index contributed by atoms with van der Waals surface area (Å²) in [5.41, 5.74) is 1.94. The minimum absolute atomic E-state index is 0.136. The molecule has 1 N–H and O–H groups in total. The molecule has 2 fully saturated rings. The van der Waals surface area contributed by atoms with Crippen LogP contribution in [0.1, 0.15) is 48.0 Å². The molecule has 0 aliphatic heterocycles. The van der Waals surface area contributed by atoms with E-state index in [1.165, 1.54) is 37.7 Å². The molecule has 16 heavy (non-hydrogen) atoms. The van der Waals surface area contributed by atoms with Crippen molar-refractivity contribution in [3.63, 3.8) is 0 Å². The number of phenolic OH excluding ortho intramolecular Hbond substituents is 1. The van der Waals surface area contributed by atoms with Crippen molar-refractivity contribution < 1.29 is 9.90 Å². The Morgan fingerprint density at radius 3 is 2.56 bits per heavy atom. The lowest BCUT2D eigenvalue weighted by Gasteiger charge is -2.27. The maximum Gasteiger partial charge on any atom is 0.153 e. The highest BCUT2D eigenvalue weighted by Crippen LogP contribution is 2.55. The third-order valence-electron chi connectivity index (χ3n) is 4.51. The number of hydrogen-bond acceptors (Lipinski definition) is 2. The molecule has 2 aliphatic carbocycles. The van der Waals surface area contributed by atoms with Gasteiger partial charge in [-0.05, 0) is 61.1 Å². The average molecular weight is 216 g/mol. The van der Waals surface area contributed by atoms with E-state index in [4.69, 9.17) is 0 Å². The number of aldehydes is 1. The van der Waals surface area contributed by atoms with Crippen LogP contribution in [0.5, 0.6) is 5.75 Å². The van der Waals surface area contributed by atoms with Crippen molar-refractivity contribution in [1.82, 2.24) is 0 Å². The second-order valence-corrected chi connectivity index (χ2v) is 5.32. The van der Waals surface area contributed by atoms with Crippen LogP contribution >= 0.6 is 0 Å². The van der Waals surface area contributed by atoms with E-state index in [1.54, 1.807) is 12.1 Å². The summed E-state index contributed by atoms with van der Waals surface area (Å²) in [6, 6.07) is 5.58. The van der Waals surface area contributed by atoms with Crippen LogP contribution in [0.4, 0.5) is 0 Å². The number of benzene rings is 1. The highest BCUT2D eigenvalue weighted by atomic mass is 16.3.